The number of hydrogen-bond acceptors (Lipinski definition) is 3. The quantitative estimate of drug-likeness (QED) is 0.721. The summed E-state index contributed by atoms with van der Waals surface area (Å²) in [6.07, 6.45) is 6.18. The smallest absolute Gasteiger partial charge is 0.242 e. The summed E-state index contributed by atoms with van der Waals surface area (Å²) in [4.78, 5) is 3.05. The van der Waals surface area contributed by atoms with Crippen LogP contribution in [0.15, 0.2) is 23.4 Å². The van der Waals surface area contributed by atoms with Crippen LogP contribution in [0.4, 0.5) is 0 Å². The fourth-order valence-corrected chi connectivity index (χ4v) is 3.13. The first kappa shape index (κ1) is 11.6. The minimum absolute atomic E-state index is 0.00222. The van der Waals surface area contributed by atoms with E-state index in [4.69, 9.17) is 0 Å². The van der Waals surface area contributed by atoms with Gasteiger partial charge >= 0.3 is 0 Å². The van der Waals surface area contributed by atoms with Crippen LogP contribution in [0.3, 0.4) is 0 Å². The van der Waals surface area contributed by atoms with E-state index in [0.29, 0.717) is 11.4 Å². The van der Waals surface area contributed by atoms with Gasteiger partial charge in [0, 0.05) is 25.0 Å². The van der Waals surface area contributed by atoms with Gasteiger partial charge in [-0.3, -0.25) is 0 Å². The van der Waals surface area contributed by atoms with Crippen molar-refractivity contribution in [2.24, 2.45) is 0 Å². The van der Waals surface area contributed by atoms with Gasteiger partial charge < -0.3 is 10.3 Å². The Morgan fingerprint density at radius 3 is 3.00 bits per heavy atom. The molecule has 0 amide bonds. The molecule has 0 radical (unpaired) electrons. The average molecular weight is 243 g/mol. The van der Waals surface area contributed by atoms with Gasteiger partial charge in [-0.05, 0) is 25.5 Å². The van der Waals surface area contributed by atoms with Crippen LogP contribution in [0.25, 0.3) is 0 Å². The third kappa shape index (κ3) is 2.84. The van der Waals surface area contributed by atoms with Gasteiger partial charge in [-0.15, -0.1) is 0 Å². The van der Waals surface area contributed by atoms with Crippen molar-refractivity contribution in [2.75, 3.05) is 13.1 Å². The Morgan fingerprint density at radius 1 is 1.38 bits per heavy atom. The van der Waals surface area contributed by atoms with Crippen molar-refractivity contribution < 1.29 is 8.42 Å². The van der Waals surface area contributed by atoms with Gasteiger partial charge in [0.15, 0.2) is 0 Å². The normalized spacial score (nSPS) is 22.9. The molecule has 1 aliphatic rings. The molecule has 0 saturated carbocycles. The molecule has 16 heavy (non-hydrogen) atoms. The molecule has 3 N–H and O–H groups in total. The highest BCUT2D eigenvalue weighted by molar-refractivity contribution is 7.89. The number of sulfonamides is 1. The Bertz CT molecular complexity index is 405. The number of rotatable bonds is 3. The fraction of sp³-hybridized carbons (Fsp3) is 0.600. The SMILES string of the molecule is O=S(=O)(NC1CCCCNC1)c1cc[nH]c1. The van der Waals surface area contributed by atoms with E-state index in [0.717, 1.165) is 25.8 Å². The van der Waals surface area contributed by atoms with E-state index in [9.17, 15) is 8.42 Å². The van der Waals surface area contributed by atoms with Crippen molar-refractivity contribution in [3.63, 3.8) is 0 Å². The Balaban J connectivity index is 2.03. The molecule has 2 heterocycles. The van der Waals surface area contributed by atoms with E-state index in [1.54, 1.807) is 12.3 Å². The maximum atomic E-state index is 11.9. The van der Waals surface area contributed by atoms with Crippen LogP contribution in [-0.2, 0) is 10.0 Å². The highest BCUT2D eigenvalue weighted by Gasteiger charge is 2.20. The minimum atomic E-state index is -3.35. The van der Waals surface area contributed by atoms with E-state index in [1.807, 2.05) is 0 Å². The van der Waals surface area contributed by atoms with Crippen molar-refractivity contribution in [1.82, 2.24) is 15.0 Å². The molecule has 1 fully saturated rings. The largest absolute Gasteiger partial charge is 0.366 e. The van der Waals surface area contributed by atoms with Gasteiger partial charge in [0.2, 0.25) is 10.0 Å². The van der Waals surface area contributed by atoms with Crippen molar-refractivity contribution >= 4 is 10.0 Å². The van der Waals surface area contributed by atoms with Crippen molar-refractivity contribution in [3.8, 4) is 0 Å². The van der Waals surface area contributed by atoms with Gasteiger partial charge in [-0.25, -0.2) is 13.1 Å². The lowest BCUT2D eigenvalue weighted by Gasteiger charge is -2.15. The minimum Gasteiger partial charge on any atom is -0.366 e. The van der Waals surface area contributed by atoms with E-state index in [-0.39, 0.29) is 6.04 Å². The molecule has 0 spiro atoms. The lowest BCUT2D eigenvalue weighted by atomic mass is 10.2. The van der Waals surface area contributed by atoms with E-state index in [2.05, 4.69) is 15.0 Å². The number of aromatic amines is 1. The predicted molar refractivity (Wildman–Crippen MR) is 61.6 cm³/mol. The van der Waals surface area contributed by atoms with Crippen molar-refractivity contribution in [1.29, 1.82) is 0 Å². The highest BCUT2D eigenvalue weighted by atomic mass is 32.2. The lowest BCUT2D eigenvalue weighted by Crippen LogP contribution is -2.40. The van der Waals surface area contributed by atoms with Crippen molar-refractivity contribution in [2.45, 2.75) is 30.2 Å². The summed E-state index contributed by atoms with van der Waals surface area (Å²) in [7, 11) is -3.35. The van der Waals surface area contributed by atoms with E-state index < -0.39 is 10.0 Å². The number of aromatic nitrogens is 1. The molecular formula is C10H17N3O2S. The zero-order valence-electron chi connectivity index (χ0n) is 9.07. The second-order valence-electron chi connectivity index (χ2n) is 4.06. The first-order valence-corrected chi connectivity index (χ1v) is 7.03. The van der Waals surface area contributed by atoms with E-state index in [1.165, 1.54) is 6.20 Å². The molecular weight excluding hydrogens is 226 g/mol. The van der Waals surface area contributed by atoms with Gasteiger partial charge in [0.25, 0.3) is 0 Å². The molecule has 90 valence electrons. The second-order valence-corrected chi connectivity index (χ2v) is 5.78. The number of H-pyrrole nitrogens is 1. The molecule has 0 aromatic carbocycles. The Morgan fingerprint density at radius 2 is 2.25 bits per heavy atom. The van der Waals surface area contributed by atoms with Gasteiger partial charge in [0.1, 0.15) is 0 Å². The van der Waals surface area contributed by atoms with Crippen LogP contribution in [0, 0.1) is 0 Å². The summed E-state index contributed by atoms with van der Waals surface area (Å²) < 4.78 is 26.6. The van der Waals surface area contributed by atoms with Crippen LogP contribution in [-0.4, -0.2) is 32.5 Å². The molecule has 0 aliphatic carbocycles. The molecule has 5 nitrogen and oxygen atoms in total. The van der Waals surface area contributed by atoms with Gasteiger partial charge in [-0.1, -0.05) is 6.42 Å². The fourth-order valence-electron chi connectivity index (χ4n) is 1.88. The second kappa shape index (κ2) is 4.99. The number of nitrogens with one attached hydrogen (secondary N) is 3. The molecule has 2 rings (SSSR count). The monoisotopic (exact) mass is 243 g/mol. The standard InChI is InChI=1S/C10H17N3O2S/c14-16(15,10-4-6-12-8-10)13-9-3-1-2-5-11-7-9/h4,6,8-9,11-13H,1-3,5,7H2. The number of hydrogen-bond donors (Lipinski definition) is 3. The van der Waals surface area contributed by atoms with Crippen LogP contribution in [0.5, 0.6) is 0 Å². The molecule has 1 saturated heterocycles. The summed E-state index contributed by atoms with van der Waals surface area (Å²) in [5.41, 5.74) is 0. The lowest BCUT2D eigenvalue weighted by molar-refractivity contribution is 0.521. The first-order valence-electron chi connectivity index (χ1n) is 5.54. The molecule has 0 bridgehead atoms. The summed E-state index contributed by atoms with van der Waals surface area (Å²) in [6, 6.07) is 1.56. The van der Waals surface area contributed by atoms with Crippen LogP contribution in [0.1, 0.15) is 19.3 Å². The third-order valence-corrected chi connectivity index (χ3v) is 4.27. The summed E-state index contributed by atoms with van der Waals surface area (Å²) in [5.74, 6) is 0. The van der Waals surface area contributed by atoms with Crippen LogP contribution < -0.4 is 10.0 Å². The molecule has 1 atom stereocenters. The zero-order valence-corrected chi connectivity index (χ0v) is 9.89. The Kier molecular flexibility index (Phi) is 3.63. The van der Waals surface area contributed by atoms with Gasteiger partial charge in [0.05, 0.1) is 4.90 Å². The predicted octanol–water partition coefficient (Wildman–Crippen LogP) is 0.435. The third-order valence-electron chi connectivity index (χ3n) is 2.75. The van der Waals surface area contributed by atoms with Crippen LogP contribution >= 0.6 is 0 Å². The summed E-state index contributed by atoms with van der Waals surface area (Å²) >= 11 is 0. The zero-order chi connectivity index (χ0) is 11.4. The highest BCUT2D eigenvalue weighted by Crippen LogP contribution is 2.10. The first-order chi connectivity index (χ1) is 7.68. The summed E-state index contributed by atoms with van der Waals surface area (Å²) in [5, 5.41) is 3.23. The van der Waals surface area contributed by atoms with Crippen LogP contribution in [0.2, 0.25) is 0 Å². The molecule has 1 unspecified atom stereocenters. The maximum absolute atomic E-state index is 11.9. The van der Waals surface area contributed by atoms with Crippen molar-refractivity contribution in [3.05, 3.63) is 18.5 Å². The Labute approximate surface area is 95.7 Å². The average Bonchev–Trinajstić information content (AvgIpc) is 2.67. The molecule has 1 aliphatic heterocycles. The topological polar surface area (TPSA) is 74.0 Å². The molecule has 1 aromatic heterocycles. The molecule has 6 heteroatoms. The Hall–Kier alpha value is -0.850. The van der Waals surface area contributed by atoms with E-state index >= 15 is 0 Å². The van der Waals surface area contributed by atoms with Gasteiger partial charge in [-0.2, -0.15) is 0 Å². The summed E-state index contributed by atoms with van der Waals surface area (Å²) in [6.45, 7) is 1.69. The molecule has 1 aromatic rings. The maximum Gasteiger partial charge on any atom is 0.242 e.